The van der Waals surface area contributed by atoms with Crippen LogP contribution in [-0.4, -0.2) is 25.7 Å². The maximum atomic E-state index is 13.4. The average Bonchev–Trinajstić information content (AvgIpc) is 3.48. The van der Waals surface area contributed by atoms with Gasteiger partial charge in [-0.1, -0.05) is 59.6 Å². The monoisotopic (exact) mass is 383 g/mol. The van der Waals surface area contributed by atoms with E-state index in [1.54, 1.807) is 0 Å². The van der Waals surface area contributed by atoms with Crippen LogP contribution >= 0.6 is 11.6 Å². The zero-order valence-corrected chi connectivity index (χ0v) is 16.5. The van der Waals surface area contributed by atoms with Gasteiger partial charge >= 0.3 is 0 Å². The fraction of sp³-hybridized carbons (Fsp3) is 0.435. The normalized spacial score (nSPS) is 20.1. The molecule has 2 aromatic carbocycles. The topological polar surface area (TPSA) is 38.3 Å². The maximum Gasteiger partial charge on any atom is 0.230 e. The predicted octanol–water partition coefficient (Wildman–Crippen LogP) is 4.54. The Morgan fingerprint density at radius 3 is 2.48 bits per heavy atom. The first-order chi connectivity index (χ1) is 13.1. The molecule has 0 atom stereocenters. The molecule has 2 fully saturated rings. The Labute approximate surface area is 166 Å². The van der Waals surface area contributed by atoms with Crippen molar-refractivity contribution in [1.29, 1.82) is 0 Å². The van der Waals surface area contributed by atoms with Crippen LogP contribution in [0, 0.1) is 6.92 Å². The fourth-order valence-electron chi connectivity index (χ4n) is 4.31. The molecule has 0 unspecified atom stereocenters. The zero-order valence-electron chi connectivity index (χ0n) is 15.8. The summed E-state index contributed by atoms with van der Waals surface area (Å²) in [6, 6.07) is 16.3. The van der Waals surface area contributed by atoms with Crippen molar-refractivity contribution >= 4 is 17.5 Å². The van der Waals surface area contributed by atoms with E-state index < -0.39 is 5.41 Å². The van der Waals surface area contributed by atoms with Crippen LogP contribution in [0.15, 0.2) is 48.5 Å². The molecule has 4 rings (SSSR count). The lowest BCUT2D eigenvalue weighted by Crippen LogP contribution is -2.49. The number of benzene rings is 2. The lowest BCUT2D eigenvalue weighted by molar-refractivity contribution is -0.130. The lowest BCUT2D eigenvalue weighted by atomic mass is 9.73. The van der Waals surface area contributed by atoms with Gasteiger partial charge in [0.05, 0.1) is 5.41 Å². The molecule has 1 aliphatic heterocycles. The Kier molecular flexibility index (Phi) is 5.00. The van der Waals surface area contributed by atoms with Gasteiger partial charge in [-0.15, -0.1) is 0 Å². The van der Waals surface area contributed by atoms with E-state index in [1.165, 1.54) is 5.56 Å². The minimum Gasteiger partial charge on any atom is -0.381 e. The van der Waals surface area contributed by atoms with Crippen molar-refractivity contribution in [2.24, 2.45) is 0 Å². The van der Waals surface area contributed by atoms with E-state index in [0.29, 0.717) is 19.8 Å². The number of carbonyl (C=O) groups excluding carboxylic acids is 1. The Hall–Kier alpha value is -1.84. The second-order valence-electron chi connectivity index (χ2n) is 8.01. The van der Waals surface area contributed by atoms with Crippen LogP contribution in [0.5, 0.6) is 0 Å². The molecule has 0 bridgehead atoms. The van der Waals surface area contributed by atoms with Crippen LogP contribution in [0.3, 0.4) is 0 Å². The summed E-state index contributed by atoms with van der Waals surface area (Å²) in [6.07, 6.45) is 3.58. The van der Waals surface area contributed by atoms with Crippen LogP contribution in [0.4, 0.5) is 0 Å². The van der Waals surface area contributed by atoms with E-state index >= 15 is 0 Å². The van der Waals surface area contributed by atoms with Gasteiger partial charge in [-0.3, -0.25) is 4.79 Å². The first-order valence-corrected chi connectivity index (χ1v) is 10.1. The maximum absolute atomic E-state index is 13.4. The third kappa shape index (κ3) is 3.51. The molecule has 0 spiro atoms. The van der Waals surface area contributed by atoms with Gasteiger partial charge in [0, 0.05) is 30.2 Å². The van der Waals surface area contributed by atoms with Crippen LogP contribution < -0.4 is 5.32 Å². The van der Waals surface area contributed by atoms with Gasteiger partial charge in [-0.05, 0) is 49.8 Å². The summed E-state index contributed by atoms with van der Waals surface area (Å²) in [5.41, 5.74) is 2.93. The molecule has 0 radical (unpaired) electrons. The molecule has 27 heavy (non-hydrogen) atoms. The highest BCUT2D eigenvalue weighted by Crippen LogP contribution is 2.50. The van der Waals surface area contributed by atoms with Crippen molar-refractivity contribution in [1.82, 2.24) is 5.32 Å². The number of amides is 1. The Bertz CT molecular complexity index is 838. The molecule has 0 aromatic heterocycles. The molecule has 1 amide bonds. The molecule has 2 aromatic rings. The molecule has 2 aliphatic rings. The number of hydrogen-bond donors (Lipinski definition) is 1. The molecular weight excluding hydrogens is 358 g/mol. The summed E-state index contributed by atoms with van der Waals surface area (Å²) in [6.45, 7) is 3.96. The van der Waals surface area contributed by atoms with Crippen LogP contribution in [-0.2, 0) is 20.4 Å². The second-order valence-corrected chi connectivity index (χ2v) is 8.41. The smallest absolute Gasteiger partial charge is 0.230 e. The van der Waals surface area contributed by atoms with Gasteiger partial charge in [0.1, 0.15) is 0 Å². The van der Waals surface area contributed by atoms with Crippen LogP contribution in [0.25, 0.3) is 0 Å². The highest BCUT2D eigenvalue weighted by atomic mass is 35.5. The molecule has 142 valence electrons. The fourth-order valence-corrected chi connectivity index (χ4v) is 4.65. The first kappa shape index (κ1) is 18.5. The number of nitrogens with one attached hydrogen (secondary N) is 1. The summed E-state index contributed by atoms with van der Waals surface area (Å²) in [4.78, 5) is 13.4. The average molecular weight is 384 g/mol. The van der Waals surface area contributed by atoms with Gasteiger partial charge in [-0.25, -0.2) is 0 Å². The van der Waals surface area contributed by atoms with E-state index in [2.05, 4.69) is 36.5 Å². The number of rotatable bonds is 5. The van der Waals surface area contributed by atoms with Gasteiger partial charge in [-0.2, -0.15) is 0 Å². The number of aryl methyl sites for hydroxylation is 1. The number of halogens is 1. The van der Waals surface area contributed by atoms with Crippen LogP contribution in [0.2, 0.25) is 5.02 Å². The highest BCUT2D eigenvalue weighted by molar-refractivity contribution is 6.31. The van der Waals surface area contributed by atoms with E-state index in [0.717, 1.165) is 41.8 Å². The summed E-state index contributed by atoms with van der Waals surface area (Å²) in [7, 11) is 0. The lowest BCUT2D eigenvalue weighted by Gasteiger charge is -2.37. The van der Waals surface area contributed by atoms with Crippen LogP contribution in [0.1, 0.15) is 42.4 Å². The van der Waals surface area contributed by atoms with Crippen molar-refractivity contribution in [3.05, 3.63) is 70.2 Å². The molecule has 1 saturated carbocycles. The largest absolute Gasteiger partial charge is 0.381 e. The Morgan fingerprint density at radius 1 is 1.07 bits per heavy atom. The van der Waals surface area contributed by atoms with Gasteiger partial charge < -0.3 is 10.1 Å². The predicted molar refractivity (Wildman–Crippen MR) is 108 cm³/mol. The van der Waals surface area contributed by atoms with Gasteiger partial charge in [0.2, 0.25) is 5.91 Å². The quantitative estimate of drug-likeness (QED) is 0.822. The molecule has 3 nitrogen and oxygen atoms in total. The summed E-state index contributed by atoms with van der Waals surface area (Å²) >= 11 is 6.42. The minimum absolute atomic E-state index is 0.00698. The molecular formula is C23H26ClNO2. The molecule has 1 heterocycles. The molecule has 4 heteroatoms. The van der Waals surface area contributed by atoms with E-state index in [-0.39, 0.29) is 11.3 Å². The summed E-state index contributed by atoms with van der Waals surface area (Å²) in [5, 5.41) is 4.08. The molecule has 1 aliphatic carbocycles. The van der Waals surface area contributed by atoms with E-state index in [1.807, 2.05) is 24.3 Å². The van der Waals surface area contributed by atoms with Crippen molar-refractivity contribution in [3.63, 3.8) is 0 Å². The standard InChI is InChI=1S/C23H26ClNO2/c1-17-5-4-6-18(15-17)23(11-13-27-14-12-23)21(26)25-16-22(9-10-22)19-7-2-3-8-20(19)24/h2-8,15H,9-14,16H2,1H3,(H,25,26). The zero-order chi connectivity index (χ0) is 18.9. The molecule has 1 saturated heterocycles. The number of carbonyl (C=O) groups is 1. The summed E-state index contributed by atoms with van der Waals surface area (Å²) < 4.78 is 5.57. The van der Waals surface area contributed by atoms with Crippen molar-refractivity contribution in [2.75, 3.05) is 19.8 Å². The highest BCUT2D eigenvalue weighted by Gasteiger charge is 2.48. The minimum atomic E-state index is -0.499. The third-order valence-corrected chi connectivity index (χ3v) is 6.57. The second kappa shape index (κ2) is 7.29. The number of hydrogen-bond acceptors (Lipinski definition) is 2. The first-order valence-electron chi connectivity index (χ1n) is 9.74. The van der Waals surface area contributed by atoms with E-state index in [9.17, 15) is 4.79 Å². The van der Waals surface area contributed by atoms with Crippen molar-refractivity contribution in [3.8, 4) is 0 Å². The SMILES string of the molecule is Cc1cccc(C2(C(=O)NCC3(c4ccccc4Cl)CC3)CCOCC2)c1. The summed E-state index contributed by atoms with van der Waals surface area (Å²) in [5.74, 6) is 0.120. The van der Waals surface area contributed by atoms with Crippen molar-refractivity contribution in [2.45, 2.75) is 43.4 Å². The molecule has 1 N–H and O–H groups in total. The Balaban J connectivity index is 1.56. The van der Waals surface area contributed by atoms with E-state index in [4.69, 9.17) is 16.3 Å². The number of ether oxygens (including phenoxy) is 1. The van der Waals surface area contributed by atoms with Gasteiger partial charge in [0.25, 0.3) is 0 Å². The van der Waals surface area contributed by atoms with Gasteiger partial charge in [0.15, 0.2) is 0 Å². The third-order valence-electron chi connectivity index (χ3n) is 6.24. The van der Waals surface area contributed by atoms with Crippen molar-refractivity contribution < 1.29 is 9.53 Å². The Morgan fingerprint density at radius 2 is 1.81 bits per heavy atom.